The molecule has 0 spiro atoms. The largest absolute Gasteiger partial charge is 0.384 e. The van der Waals surface area contributed by atoms with E-state index in [-0.39, 0.29) is 17.5 Å². The first-order valence-electron chi connectivity index (χ1n) is 5.13. The molecular formula is C9H15N3O3S. The van der Waals surface area contributed by atoms with E-state index in [9.17, 15) is 13.5 Å². The molecule has 1 N–H and O–H groups in total. The molecule has 2 heterocycles. The van der Waals surface area contributed by atoms with Gasteiger partial charge in [-0.25, -0.2) is 13.1 Å². The Morgan fingerprint density at radius 3 is 2.69 bits per heavy atom. The van der Waals surface area contributed by atoms with Gasteiger partial charge in [0.2, 0.25) is 0 Å². The van der Waals surface area contributed by atoms with E-state index in [2.05, 4.69) is 10.3 Å². The third-order valence-corrected chi connectivity index (χ3v) is 4.47. The summed E-state index contributed by atoms with van der Waals surface area (Å²) in [4.78, 5) is 0. The summed E-state index contributed by atoms with van der Waals surface area (Å²) in [5, 5.41) is 17.4. The topological polar surface area (TPSA) is 85.1 Å². The zero-order valence-corrected chi connectivity index (χ0v) is 10.1. The van der Waals surface area contributed by atoms with Crippen LogP contribution >= 0.6 is 0 Å². The highest BCUT2D eigenvalue weighted by Gasteiger charge is 2.31. The molecule has 0 amide bonds. The minimum Gasteiger partial charge on any atom is -0.384 e. The first-order valence-corrected chi connectivity index (χ1v) is 6.95. The van der Waals surface area contributed by atoms with E-state index >= 15 is 0 Å². The van der Waals surface area contributed by atoms with Crippen LogP contribution in [-0.4, -0.2) is 40.0 Å². The molecule has 1 atom stereocenters. The number of rotatable bonds is 2. The predicted molar refractivity (Wildman–Crippen MR) is 57.6 cm³/mol. The molecule has 1 aliphatic rings. The Bertz CT molecular complexity index is 486. The number of sulfone groups is 1. The van der Waals surface area contributed by atoms with Crippen molar-refractivity contribution in [2.45, 2.75) is 31.9 Å². The smallest absolute Gasteiger partial charge is 0.152 e. The fourth-order valence-corrected chi connectivity index (χ4v) is 3.42. The number of hydrogen-bond acceptors (Lipinski definition) is 5. The van der Waals surface area contributed by atoms with E-state index in [0.717, 1.165) is 0 Å². The van der Waals surface area contributed by atoms with Crippen molar-refractivity contribution in [3.05, 3.63) is 11.9 Å². The Hall–Kier alpha value is -0.950. The molecule has 1 unspecified atom stereocenters. The normalized spacial score (nSPS) is 24.8. The van der Waals surface area contributed by atoms with Crippen molar-refractivity contribution in [2.24, 2.45) is 0 Å². The minimum atomic E-state index is -2.92. The first-order chi connectivity index (χ1) is 7.28. The van der Waals surface area contributed by atoms with Crippen molar-refractivity contribution < 1.29 is 13.5 Å². The molecule has 1 aliphatic heterocycles. The van der Waals surface area contributed by atoms with Crippen molar-refractivity contribution >= 4 is 9.84 Å². The molecule has 0 saturated carbocycles. The van der Waals surface area contributed by atoms with Gasteiger partial charge in [0.05, 0.1) is 23.7 Å². The van der Waals surface area contributed by atoms with Crippen LogP contribution in [0.5, 0.6) is 0 Å². The third kappa shape index (κ3) is 2.25. The highest BCUT2D eigenvalue weighted by atomic mass is 32.2. The Balaban J connectivity index is 2.21. The minimum absolute atomic E-state index is 0.113. The van der Waals surface area contributed by atoms with Crippen LogP contribution < -0.4 is 0 Å². The van der Waals surface area contributed by atoms with Crippen molar-refractivity contribution in [2.75, 3.05) is 11.5 Å². The maximum atomic E-state index is 11.3. The standard InChI is InChI=1S/C9H15N3O3S/c1-9(2,13)8-5-12(11-10-8)7-3-4-16(14,15)6-7/h5,7,13H,3-4,6H2,1-2H3. The molecule has 90 valence electrons. The highest BCUT2D eigenvalue weighted by Crippen LogP contribution is 2.24. The Morgan fingerprint density at radius 2 is 2.25 bits per heavy atom. The van der Waals surface area contributed by atoms with Gasteiger partial charge in [0.1, 0.15) is 11.3 Å². The van der Waals surface area contributed by atoms with Gasteiger partial charge in [-0.15, -0.1) is 5.10 Å². The third-order valence-electron chi connectivity index (χ3n) is 2.72. The van der Waals surface area contributed by atoms with Crippen LogP contribution in [0.4, 0.5) is 0 Å². The highest BCUT2D eigenvalue weighted by molar-refractivity contribution is 7.91. The van der Waals surface area contributed by atoms with E-state index in [1.807, 2.05) is 0 Å². The number of nitrogens with zero attached hydrogens (tertiary/aromatic N) is 3. The summed E-state index contributed by atoms with van der Waals surface area (Å²) < 4.78 is 24.2. The monoisotopic (exact) mass is 245 g/mol. The SMILES string of the molecule is CC(C)(O)c1cn(C2CCS(=O)(=O)C2)nn1. The van der Waals surface area contributed by atoms with Crippen LogP contribution in [0.25, 0.3) is 0 Å². The molecule has 16 heavy (non-hydrogen) atoms. The molecule has 7 heteroatoms. The maximum Gasteiger partial charge on any atom is 0.152 e. The van der Waals surface area contributed by atoms with Gasteiger partial charge in [-0.2, -0.15) is 0 Å². The number of hydrogen-bond donors (Lipinski definition) is 1. The lowest BCUT2D eigenvalue weighted by atomic mass is 10.1. The second-order valence-electron chi connectivity index (χ2n) is 4.70. The van der Waals surface area contributed by atoms with E-state index in [4.69, 9.17) is 0 Å². The van der Waals surface area contributed by atoms with E-state index in [0.29, 0.717) is 12.1 Å². The van der Waals surface area contributed by atoms with Gasteiger partial charge in [0.15, 0.2) is 9.84 Å². The zero-order chi connectivity index (χ0) is 12.0. The molecule has 0 radical (unpaired) electrons. The quantitative estimate of drug-likeness (QED) is 0.784. The molecule has 6 nitrogen and oxygen atoms in total. The number of aromatic nitrogens is 3. The lowest BCUT2D eigenvalue weighted by molar-refractivity contribution is 0.0737. The molecule has 1 fully saturated rings. The van der Waals surface area contributed by atoms with Crippen molar-refractivity contribution in [3.63, 3.8) is 0 Å². The van der Waals surface area contributed by atoms with Gasteiger partial charge in [-0.05, 0) is 20.3 Å². The molecule has 1 aromatic heterocycles. The van der Waals surface area contributed by atoms with Crippen molar-refractivity contribution in [3.8, 4) is 0 Å². The first kappa shape index (κ1) is 11.5. The molecular weight excluding hydrogens is 230 g/mol. The molecule has 1 aromatic rings. The van der Waals surface area contributed by atoms with Gasteiger partial charge in [-0.1, -0.05) is 5.21 Å². The Labute approximate surface area is 94.2 Å². The van der Waals surface area contributed by atoms with Crippen LogP contribution in [0.15, 0.2) is 6.20 Å². The van der Waals surface area contributed by atoms with Crippen LogP contribution in [0, 0.1) is 0 Å². The summed E-state index contributed by atoms with van der Waals surface area (Å²) in [6.07, 6.45) is 2.18. The molecule has 0 aromatic carbocycles. The van der Waals surface area contributed by atoms with Crippen LogP contribution in [0.1, 0.15) is 32.0 Å². The summed E-state index contributed by atoms with van der Waals surface area (Å²) in [5.74, 6) is 0.317. The number of aliphatic hydroxyl groups is 1. The predicted octanol–water partition coefficient (Wildman–Crippen LogP) is -0.135. The summed E-state index contributed by atoms with van der Waals surface area (Å²) in [6, 6.07) is -0.145. The fraction of sp³-hybridized carbons (Fsp3) is 0.778. The van der Waals surface area contributed by atoms with Crippen LogP contribution in [-0.2, 0) is 15.4 Å². The zero-order valence-electron chi connectivity index (χ0n) is 9.29. The molecule has 2 rings (SSSR count). The average Bonchev–Trinajstić information content (AvgIpc) is 2.68. The maximum absolute atomic E-state index is 11.3. The van der Waals surface area contributed by atoms with Crippen molar-refractivity contribution in [1.29, 1.82) is 0 Å². The van der Waals surface area contributed by atoms with Crippen LogP contribution in [0.2, 0.25) is 0 Å². The molecule has 0 aliphatic carbocycles. The Kier molecular flexibility index (Phi) is 2.54. The van der Waals surface area contributed by atoms with Gasteiger partial charge < -0.3 is 5.11 Å². The lowest BCUT2D eigenvalue weighted by Crippen LogP contribution is -2.16. The summed E-state index contributed by atoms with van der Waals surface area (Å²) in [7, 11) is -2.92. The van der Waals surface area contributed by atoms with Gasteiger partial charge >= 0.3 is 0 Å². The van der Waals surface area contributed by atoms with E-state index in [1.54, 1.807) is 20.0 Å². The summed E-state index contributed by atoms with van der Waals surface area (Å²) >= 11 is 0. The summed E-state index contributed by atoms with van der Waals surface area (Å²) in [6.45, 7) is 3.24. The van der Waals surface area contributed by atoms with Gasteiger partial charge in [0.25, 0.3) is 0 Å². The average molecular weight is 245 g/mol. The van der Waals surface area contributed by atoms with E-state index in [1.165, 1.54) is 4.68 Å². The van der Waals surface area contributed by atoms with Crippen LogP contribution in [0.3, 0.4) is 0 Å². The van der Waals surface area contributed by atoms with E-state index < -0.39 is 15.4 Å². The van der Waals surface area contributed by atoms with Gasteiger partial charge in [0, 0.05) is 0 Å². The summed E-state index contributed by atoms with van der Waals surface area (Å²) in [5.41, 5.74) is -0.591. The van der Waals surface area contributed by atoms with Gasteiger partial charge in [-0.3, -0.25) is 0 Å². The Morgan fingerprint density at radius 1 is 1.56 bits per heavy atom. The molecule has 1 saturated heterocycles. The fourth-order valence-electron chi connectivity index (χ4n) is 1.72. The lowest BCUT2D eigenvalue weighted by Gasteiger charge is -2.12. The second-order valence-corrected chi connectivity index (χ2v) is 6.93. The second kappa shape index (κ2) is 3.53. The van der Waals surface area contributed by atoms with Crippen molar-refractivity contribution in [1.82, 2.24) is 15.0 Å². The molecule has 0 bridgehead atoms.